The summed E-state index contributed by atoms with van der Waals surface area (Å²) >= 11 is 2.01. The van der Waals surface area contributed by atoms with Crippen molar-refractivity contribution in [2.75, 3.05) is 15.5 Å². The van der Waals surface area contributed by atoms with E-state index in [1.54, 1.807) is 0 Å². The number of alkyl halides is 2. The Morgan fingerprint density at radius 2 is 2.25 bits per heavy atom. The minimum absolute atomic E-state index is 0.549. The molecule has 0 fully saturated rings. The molecule has 1 unspecified atom stereocenters. The molecular weight excluding hydrogens is 240 g/mol. The van der Waals surface area contributed by atoms with Crippen LogP contribution < -0.4 is 0 Å². The van der Waals surface area contributed by atoms with E-state index in [1.807, 2.05) is 29.5 Å². The zero-order valence-electron chi connectivity index (χ0n) is 4.73. The zero-order valence-corrected chi connectivity index (χ0v) is 7.71. The number of hydrogen-bond donors (Lipinski definition) is 0. The van der Waals surface area contributed by atoms with E-state index in [1.165, 1.54) is 0 Å². The molecule has 0 aromatic rings. The van der Waals surface area contributed by atoms with Crippen LogP contribution in [0.3, 0.4) is 0 Å². The predicted octanol–water partition coefficient (Wildman–Crippen LogP) is 2.61. The predicted molar refractivity (Wildman–Crippen MR) is 44.7 cm³/mol. The second-order valence-corrected chi connectivity index (χ2v) is 6.39. The van der Waals surface area contributed by atoms with Gasteiger partial charge in [0.1, 0.15) is 6.01 Å². The minimum atomic E-state index is -1.83. The van der Waals surface area contributed by atoms with Gasteiger partial charge in [-0.25, -0.2) is 9.00 Å². The molecule has 0 radical (unpaired) electrons. The van der Waals surface area contributed by atoms with Gasteiger partial charge in [-0.05, 0) is 9.66 Å². The summed E-state index contributed by atoms with van der Waals surface area (Å²) in [5.41, 5.74) is 0. The van der Waals surface area contributed by atoms with Crippen LogP contribution in [0.5, 0.6) is 0 Å². The number of nitrogens with zero attached hydrogens (tertiary/aromatic N) is 1. The molecule has 1 nitrogen and oxygen atoms in total. The highest BCUT2D eigenvalue weighted by Crippen LogP contribution is 2.33. The van der Waals surface area contributed by atoms with Crippen LogP contribution in [0.15, 0.2) is 0 Å². The van der Waals surface area contributed by atoms with Gasteiger partial charge in [0.25, 0.3) is 0 Å². The Hall–Kier alpha value is 0.720. The zero-order chi connectivity index (χ0) is 6.62. The van der Waals surface area contributed by atoms with E-state index in [4.69, 9.17) is 4.61 Å². The second kappa shape index (κ2) is 3.69. The second-order valence-electron chi connectivity index (χ2n) is 1.51. The molecule has 4 heteroatoms. The molecule has 0 saturated carbocycles. The van der Waals surface area contributed by atoms with Gasteiger partial charge in [-0.3, -0.25) is 0 Å². The van der Waals surface area contributed by atoms with E-state index in [-0.39, 0.29) is 0 Å². The third-order valence-corrected chi connectivity index (χ3v) is 6.31. The first-order valence-corrected chi connectivity index (χ1v) is 5.91. The highest BCUT2D eigenvalue weighted by molar-refractivity contribution is 14.1. The molecule has 0 heterocycles. The van der Waals surface area contributed by atoms with Crippen LogP contribution in [0.25, 0.3) is 0 Å². The Morgan fingerprint density at radius 3 is 2.25 bits per heavy atom. The fourth-order valence-electron chi connectivity index (χ4n) is 0.183. The number of rotatable bonds is 0. The molecule has 0 aromatic carbocycles. The van der Waals surface area contributed by atoms with E-state index in [0.717, 1.165) is 0 Å². The SMILES string of the molecule is CCS(#N)(CF)CI. The van der Waals surface area contributed by atoms with Gasteiger partial charge >= 0.3 is 0 Å². The smallest absolute Gasteiger partial charge is 0.149 e. The van der Waals surface area contributed by atoms with Gasteiger partial charge in [0.2, 0.25) is 0 Å². The van der Waals surface area contributed by atoms with Gasteiger partial charge in [-0.1, -0.05) is 29.5 Å². The maximum atomic E-state index is 11.8. The van der Waals surface area contributed by atoms with Gasteiger partial charge in [-0.2, -0.15) is 0 Å². The highest BCUT2D eigenvalue weighted by atomic mass is 127. The largest absolute Gasteiger partial charge is 0.238 e. The van der Waals surface area contributed by atoms with Crippen molar-refractivity contribution >= 4 is 32.2 Å². The maximum Gasteiger partial charge on any atom is 0.149 e. The van der Waals surface area contributed by atoms with Crippen molar-refractivity contribution in [3.63, 3.8) is 0 Å². The fourth-order valence-corrected chi connectivity index (χ4v) is 2.37. The van der Waals surface area contributed by atoms with E-state index >= 15 is 0 Å². The van der Waals surface area contributed by atoms with Crippen LogP contribution in [-0.2, 0) is 0 Å². The molecule has 0 aromatic heterocycles. The molecule has 0 amide bonds. The topological polar surface area (TPSA) is 23.8 Å². The summed E-state index contributed by atoms with van der Waals surface area (Å²) in [7, 11) is -1.83. The normalized spacial score (nSPS) is 17.8. The average molecular weight is 249 g/mol. The van der Waals surface area contributed by atoms with Crippen LogP contribution in [0, 0.1) is 4.61 Å². The summed E-state index contributed by atoms with van der Waals surface area (Å²) in [6.07, 6.45) is 0. The summed E-state index contributed by atoms with van der Waals surface area (Å²) in [6.45, 7) is 1.81. The molecule has 0 aliphatic carbocycles. The van der Waals surface area contributed by atoms with Crippen molar-refractivity contribution in [3.8, 4) is 0 Å². The summed E-state index contributed by atoms with van der Waals surface area (Å²) in [4.78, 5) is 0. The lowest BCUT2D eigenvalue weighted by molar-refractivity contribution is 0.601. The van der Waals surface area contributed by atoms with Crippen molar-refractivity contribution in [1.29, 1.82) is 4.61 Å². The average Bonchev–Trinajstić information content (AvgIpc) is 1.87. The molecule has 1 atom stereocenters. The Morgan fingerprint density at radius 1 is 1.75 bits per heavy atom. The van der Waals surface area contributed by atoms with Crippen molar-refractivity contribution < 1.29 is 4.39 Å². The van der Waals surface area contributed by atoms with Crippen LogP contribution in [0.1, 0.15) is 6.92 Å². The van der Waals surface area contributed by atoms with Gasteiger partial charge in [0, 0.05) is 5.75 Å². The van der Waals surface area contributed by atoms with Crippen molar-refractivity contribution in [1.82, 2.24) is 0 Å². The Kier molecular flexibility index (Phi) is 4.02. The highest BCUT2D eigenvalue weighted by Gasteiger charge is 2.07. The maximum absolute atomic E-state index is 11.8. The molecule has 0 bridgehead atoms. The van der Waals surface area contributed by atoms with E-state index in [2.05, 4.69) is 0 Å². The van der Waals surface area contributed by atoms with Crippen LogP contribution in [-0.4, -0.2) is 15.5 Å². The molecule has 0 rings (SSSR count). The first-order valence-electron chi connectivity index (χ1n) is 2.29. The Labute approximate surface area is 63.7 Å². The standard InChI is InChI=1S/C4H9FINS/c1-2-8(7,3-5)4-6/h2-4H2,1H3. The van der Waals surface area contributed by atoms with Gasteiger partial charge in [0.05, 0.1) is 3.76 Å². The molecular formula is C4H9FINS. The summed E-state index contributed by atoms with van der Waals surface area (Å²) in [5, 5.41) is 0. The first-order chi connectivity index (χ1) is 3.68. The first kappa shape index (κ1) is 8.72. The van der Waals surface area contributed by atoms with Crippen molar-refractivity contribution in [2.45, 2.75) is 6.92 Å². The molecule has 0 spiro atoms. The lowest BCUT2D eigenvalue weighted by Gasteiger charge is -2.06. The Bertz CT molecular complexity index is 123. The van der Waals surface area contributed by atoms with E-state index in [0.29, 0.717) is 9.51 Å². The van der Waals surface area contributed by atoms with Crippen molar-refractivity contribution in [2.24, 2.45) is 0 Å². The number of halogens is 2. The fraction of sp³-hybridized carbons (Fsp3) is 1.00. The van der Waals surface area contributed by atoms with Gasteiger partial charge in [-0.15, -0.1) is 0 Å². The molecule has 0 aliphatic rings. The summed E-state index contributed by atoms with van der Waals surface area (Å²) in [6, 6.07) is -0.549. The minimum Gasteiger partial charge on any atom is -0.238 e. The third kappa shape index (κ3) is 2.33. The molecule has 0 saturated heterocycles. The monoisotopic (exact) mass is 249 g/mol. The van der Waals surface area contributed by atoms with E-state index in [9.17, 15) is 4.39 Å². The van der Waals surface area contributed by atoms with Gasteiger partial charge < -0.3 is 0 Å². The van der Waals surface area contributed by atoms with Crippen LogP contribution in [0.2, 0.25) is 0 Å². The molecule has 0 aliphatic heterocycles. The van der Waals surface area contributed by atoms with Gasteiger partial charge in [0.15, 0.2) is 0 Å². The quantitative estimate of drug-likeness (QED) is 0.478. The number of hydrogen-bond acceptors (Lipinski definition) is 1. The summed E-state index contributed by atoms with van der Waals surface area (Å²) < 4.78 is 21.5. The Balaban J connectivity index is 3.87. The molecule has 50 valence electrons. The molecule has 0 N–H and O–H groups in total. The molecule has 8 heavy (non-hydrogen) atoms. The van der Waals surface area contributed by atoms with Crippen LogP contribution >= 0.6 is 32.2 Å². The van der Waals surface area contributed by atoms with Crippen molar-refractivity contribution in [3.05, 3.63) is 0 Å². The summed E-state index contributed by atoms with van der Waals surface area (Å²) in [5.74, 6) is 0.576. The lowest BCUT2D eigenvalue weighted by Crippen LogP contribution is -1.90. The third-order valence-electron chi connectivity index (χ3n) is 0.944. The lowest BCUT2D eigenvalue weighted by atomic mass is 11.0. The van der Waals surface area contributed by atoms with E-state index < -0.39 is 15.7 Å². The van der Waals surface area contributed by atoms with Crippen LogP contribution in [0.4, 0.5) is 4.39 Å².